The number of Topliss-reactive ketones (excluding diaryl/α,β-unsaturated/α-hetero) is 1. The molecule has 27 heavy (non-hydrogen) atoms. The highest BCUT2D eigenvalue weighted by molar-refractivity contribution is 6.07. The summed E-state index contributed by atoms with van der Waals surface area (Å²) >= 11 is 0. The Hall–Kier alpha value is -2.14. The molecule has 0 N–H and O–H groups in total. The molecule has 0 radical (unpaired) electrons. The molecule has 5 heteroatoms. The summed E-state index contributed by atoms with van der Waals surface area (Å²) in [6.45, 7) is 7.19. The van der Waals surface area contributed by atoms with E-state index in [1.165, 1.54) is 5.56 Å². The quantitative estimate of drug-likeness (QED) is 0.777. The van der Waals surface area contributed by atoms with Gasteiger partial charge in [-0.3, -0.25) is 9.59 Å². The molecule has 1 amide bonds. The molecule has 0 saturated carbocycles. The van der Waals surface area contributed by atoms with Gasteiger partial charge in [0, 0.05) is 42.3 Å². The summed E-state index contributed by atoms with van der Waals surface area (Å²) in [5.74, 6) is 0.179. The topological polar surface area (TPSA) is 51.5 Å². The molecule has 0 aliphatic carbocycles. The molecule has 0 bridgehead atoms. The van der Waals surface area contributed by atoms with E-state index in [4.69, 9.17) is 4.74 Å². The Kier molecular flexibility index (Phi) is 4.81. The van der Waals surface area contributed by atoms with Crippen molar-refractivity contribution in [2.24, 2.45) is 5.41 Å². The van der Waals surface area contributed by atoms with Crippen LogP contribution in [0.2, 0.25) is 0 Å². The highest BCUT2D eigenvalue weighted by atomic mass is 16.5. The number of aromatic nitrogens is 1. The van der Waals surface area contributed by atoms with Crippen molar-refractivity contribution in [3.05, 3.63) is 35.5 Å². The van der Waals surface area contributed by atoms with E-state index in [9.17, 15) is 9.59 Å². The number of ketones is 1. The van der Waals surface area contributed by atoms with Gasteiger partial charge in [-0.15, -0.1) is 0 Å². The second kappa shape index (κ2) is 7.12. The van der Waals surface area contributed by atoms with Crippen molar-refractivity contribution < 1.29 is 14.3 Å². The van der Waals surface area contributed by atoms with E-state index in [0.717, 1.165) is 62.9 Å². The number of aryl methyl sites for hydroxylation is 1. The average molecular weight is 368 g/mol. The lowest BCUT2D eigenvalue weighted by atomic mass is 9.79. The smallest absolute Gasteiger partial charge is 0.242 e. The van der Waals surface area contributed by atoms with E-state index in [1.54, 1.807) is 6.92 Å². The summed E-state index contributed by atoms with van der Waals surface area (Å²) in [7, 11) is 0. The van der Waals surface area contributed by atoms with Crippen LogP contribution in [0.3, 0.4) is 0 Å². The lowest BCUT2D eigenvalue weighted by Gasteiger charge is -2.39. The molecule has 2 aliphatic heterocycles. The number of nitrogens with zero attached hydrogens (tertiary/aromatic N) is 2. The zero-order valence-electron chi connectivity index (χ0n) is 16.3. The van der Waals surface area contributed by atoms with Gasteiger partial charge in [-0.25, -0.2) is 0 Å². The molecule has 1 atom stereocenters. The molecule has 1 spiro atoms. The van der Waals surface area contributed by atoms with Gasteiger partial charge in [0.05, 0.1) is 12.1 Å². The van der Waals surface area contributed by atoms with E-state index >= 15 is 0 Å². The van der Waals surface area contributed by atoms with E-state index in [-0.39, 0.29) is 23.7 Å². The van der Waals surface area contributed by atoms with Crippen molar-refractivity contribution in [2.45, 2.75) is 46.1 Å². The molecule has 3 heterocycles. The van der Waals surface area contributed by atoms with Crippen LogP contribution >= 0.6 is 0 Å². The van der Waals surface area contributed by atoms with Crippen LogP contribution in [0.5, 0.6) is 0 Å². The van der Waals surface area contributed by atoms with E-state index in [2.05, 4.69) is 13.0 Å². The zero-order chi connectivity index (χ0) is 19.0. The third kappa shape index (κ3) is 3.29. The molecular formula is C22H28N2O3. The number of amides is 1. The number of hydrogen-bond donors (Lipinski definition) is 0. The standard InChI is InChI=1S/C22H28N2O3/c1-3-17-6-4-7-18-19(16(2)25)12-24(21(17)18)13-20(26)23-10-5-8-22(14-23)9-11-27-15-22/h4,6-7,12H,3,5,8-11,13-15H2,1-2H3/t22-/m1/s1. The molecule has 0 unspecified atom stereocenters. The minimum Gasteiger partial charge on any atom is -0.381 e. The van der Waals surface area contributed by atoms with Gasteiger partial charge in [-0.1, -0.05) is 25.1 Å². The van der Waals surface area contributed by atoms with Crippen LogP contribution in [0.25, 0.3) is 10.9 Å². The maximum atomic E-state index is 13.1. The average Bonchev–Trinajstić information content (AvgIpc) is 3.26. The first-order valence-corrected chi connectivity index (χ1v) is 10.0. The Balaban J connectivity index is 1.63. The molecule has 4 rings (SSSR count). The minimum atomic E-state index is 0.0412. The van der Waals surface area contributed by atoms with Gasteiger partial charge in [0.15, 0.2) is 5.78 Å². The Morgan fingerprint density at radius 1 is 1.26 bits per heavy atom. The van der Waals surface area contributed by atoms with Gasteiger partial charge in [-0.2, -0.15) is 0 Å². The third-order valence-electron chi connectivity index (χ3n) is 6.25. The second-order valence-corrected chi connectivity index (χ2v) is 8.12. The zero-order valence-corrected chi connectivity index (χ0v) is 16.3. The number of fused-ring (bicyclic) bond motifs is 1. The molecule has 2 aliphatic rings. The maximum absolute atomic E-state index is 13.1. The maximum Gasteiger partial charge on any atom is 0.242 e. The summed E-state index contributed by atoms with van der Waals surface area (Å²) < 4.78 is 7.61. The van der Waals surface area contributed by atoms with Gasteiger partial charge in [0.1, 0.15) is 6.54 Å². The number of benzene rings is 1. The highest BCUT2D eigenvalue weighted by Crippen LogP contribution is 2.37. The molecule has 5 nitrogen and oxygen atoms in total. The van der Waals surface area contributed by atoms with E-state index in [1.807, 2.05) is 27.8 Å². The first kappa shape index (κ1) is 18.2. The summed E-state index contributed by atoms with van der Waals surface area (Å²) in [5.41, 5.74) is 3.06. The van der Waals surface area contributed by atoms with E-state index in [0.29, 0.717) is 5.56 Å². The summed E-state index contributed by atoms with van der Waals surface area (Å²) in [4.78, 5) is 27.2. The van der Waals surface area contributed by atoms with Crippen LogP contribution in [0.1, 0.15) is 49.0 Å². The number of carbonyl (C=O) groups excluding carboxylic acids is 2. The molecular weight excluding hydrogens is 340 g/mol. The van der Waals surface area contributed by atoms with Crippen LogP contribution in [0, 0.1) is 5.41 Å². The molecule has 2 saturated heterocycles. The van der Waals surface area contributed by atoms with Gasteiger partial charge < -0.3 is 14.2 Å². The number of likely N-dealkylation sites (tertiary alicyclic amines) is 1. The van der Waals surface area contributed by atoms with Gasteiger partial charge in [0.25, 0.3) is 0 Å². The summed E-state index contributed by atoms with van der Waals surface area (Å²) in [6, 6.07) is 6.06. The Labute approximate surface area is 160 Å². The first-order valence-electron chi connectivity index (χ1n) is 10.0. The monoisotopic (exact) mass is 368 g/mol. The number of carbonyl (C=O) groups is 2. The van der Waals surface area contributed by atoms with Crippen LogP contribution in [0.4, 0.5) is 0 Å². The fraction of sp³-hybridized carbons (Fsp3) is 0.545. The number of hydrogen-bond acceptors (Lipinski definition) is 3. The molecule has 1 aromatic carbocycles. The molecule has 2 aromatic rings. The Morgan fingerprint density at radius 3 is 2.81 bits per heavy atom. The molecule has 144 valence electrons. The summed E-state index contributed by atoms with van der Waals surface area (Å²) in [6.07, 6.45) is 5.98. The number of rotatable bonds is 4. The second-order valence-electron chi connectivity index (χ2n) is 8.12. The SMILES string of the molecule is CCc1cccc2c(C(C)=O)cn(CC(=O)N3CCC[C@@]4(CCOC4)C3)c12. The first-order chi connectivity index (χ1) is 13.0. The fourth-order valence-corrected chi connectivity index (χ4v) is 4.77. The van der Waals surface area contributed by atoms with Gasteiger partial charge >= 0.3 is 0 Å². The van der Waals surface area contributed by atoms with Crippen LogP contribution in [-0.2, 0) is 22.5 Å². The van der Waals surface area contributed by atoms with E-state index < -0.39 is 0 Å². The predicted molar refractivity (Wildman–Crippen MR) is 105 cm³/mol. The number of para-hydroxylation sites is 1. The van der Waals surface area contributed by atoms with Crippen LogP contribution in [0.15, 0.2) is 24.4 Å². The Morgan fingerprint density at radius 2 is 2.11 bits per heavy atom. The van der Waals surface area contributed by atoms with Crippen molar-refractivity contribution in [1.29, 1.82) is 0 Å². The fourth-order valence-electron chi connectivity index (χ4n) is 4.77. The normalized spacial score (nSPS) is 22.7. The van der Waals surface area contributed by atoms with Crippen LogP contribution in [-0.4, -0.2) is 47.5 Å². The number of piperidine rings is 1. The Bertz CT molecular complexity index is 877. The predicted octanol–water partition coefficient (Wildman–Crippen LogP) is 3.44. The van der Waals surface area contributed by atoms with Crippen molar-refractivity contribution >= 4 is 22.6 Å². The van der Waals surface area contributed by atoms with Crippen LogP contribution < -0.4 is 0 Å². The lowest BCUT2D eigenvalue weighted by molar-refractivity contribution is -0.135. The van der Waals surface area contributed by atoms with Crippen molar-refractivity contribution in [2.75, 3.05) is 26.3 Å². The van der Waals surface area contributed by atoms with Gasteiger partial charge in [-0.05, 0) is 38.2 Å². The lowest BCUT2D eigenvalue weighted by Crippen LogP contribution is -2.47. The highest BCUT2D eigenvalue weighted by Gasteiger charge is 2.40. The largest absolute Gasteiger partial charge is 0.381 e. The minimum absolute atomic E-state index is 0.0412. The van der Waals surface area contributed by atoms with Crippen molar-refractivity contribution in [1.82, 2.24) is 9.47 Å². The van der Waals surface area contributed by atoms with Crippen molar-refractivity contribution in [3.8, 4) is 0 Å². The third-order valence-corrected chi connectivity index (χ3v) is 6.25. The van der Waals surface area contributed by atoms with Crippen molar-refractivity contribution in [3.63, 3.8) is 0 Å². The molecule has 2 fully saturated rings. The van der Waals surface area contributed by atoms with Gasteiger partial charge in [0.2, 0.25) is 5.91 Å². The molecule has 1 aromatic heterocycles. The number of ether oxygens (including phenoxy) is 1. The summed E-state index contributed by atoms with van der Waals surface area (Å²) in [5, 5.41) is 0.953.